The third-order valence-electron chi connectivity index (χ3n) is 5.31. The number of hydrogen-bond acceptors (Lipinski definition) is 5. The Labute approximate surface area is 135 Å². The zero-order chi connectivity index (χ0) is 16.0. The van der Waals surface area contributed by atoms with E-state index in [9.17, 15) is 5.11 Å². The Hall–Kier alpha value is -2.01. The lowest BCUT2D eigenvalue weighted by atomic mass is 9.93. The fourth-order valence-corrected chi connectivity index (χ4v) is 4.20. The van der Waals surface area contributed by atoms with Crippen molar-refractivity contribution in [2.24, 2.45) is 11.8 Å². The number of rotatable bonds is 4. The van der Waals surface area contributed by atoms with E-state index >= 15 is 0 Å². The number of nitrogens with one attached hydrogen (secondary N) is 1. The van der Waals surface area contributed by atoms with Crippen LogP contribution in [0.1, 0.15) is 19.3 Å². The number of benzene rings is 1. The van der Waals surface area contributed by atoms with E-state index < -0.39 is 0 Å². The highest BCUT2D eigenvalue weighted by atomic mass is 16.5. The predicted molar refractivity (Wildman–Crippen MR) is 89.1 cm³/mol. The molecule has 0 amide bonds. The number of ether oxygens (including phenoxy) is 2. The van der Waals surface area contributed by atoms with Crippen LogP contribution in [0.15, 0.2) is 24.3 Å². The quantitative estimate of drug-likeness (QED) is 0.908. The number of fused-ring (bicyclic) bond motifs is 3. The van der Waals surface area contributed by atoms with E-state index in [1.807, 2.05) is 24.3 Å². The van der Waals surface area contributed by atoms with E-state index in [-0.39, 0.29) is 6.10 Å². The highest BCUT2D eigenvalue weighted by molar-refractivity contribution is 5.84. The molecule has 2 aliphatic carbocycles. The molecule has 4 rings (SSSR count). The number of aliphatic hydroxyl groups excluding tert-OH is 1. The summed E-state index contributed by atoms with van der Waals surface area (Å²) in [6.07, 6.45) is 3.08. The van der Waals surface area contributed by atoms with E-state index in [2.05, 4.69) is 5.32 Å². The first-order valence-electron chi connectivity index (χ1n) is 8.15. The van der Waals surface area contributed by atoms with Gasteiger partial charge in [-0.15, -0.1) is 0 Å². The Morgan fingerprint density at radius 1 is 1.09 bits per heavy atom. The third kappa shape index (κ3) is 2.49. The van der Waals surface area contributed by atoms with Gasteiger partial charge >= 0.3 is 0 Å². The lowest BCUT2D eigenvalue weighted by Crippen LogP contribution is -2.34. The van der Waals surface area contributed by atoms with Crippen LogP contribution < -0.4 is 14.8 Å². The van der Waals surface area contributed by atoms with E-state index in [0.717, 1.165) is 36.0 Å². The molecule has 2 fully saturated rings. The second-order valence-electron chi connectivity index (χ2n) is 6.65. The van der Waals surface area contributed by atoms with Gasteiger partial charge in [-0.25, -0.2) is 4.98 Å². The second kappa shape index (κ2) is 5.57. The van der Waals surface area contributed by atoms with Gasteiger partial charge in [-0.3, -0.25) is 0 Å². The van der Waals surface area contributed by atoms with Crippen LogP contribution in [-0.4, -0.2) is 36.5 Å². The first-order valence-corrected chi connectivity index (χ1v) is 8.15. The molecular formula is C18H22N2O3. The SMILES string of the molecule is COc1cc2ccc(NC3CC4CC(O)C3C4)nc2cc1OC. The minimum Gasteiger partial charge on any atom is -0.493 e. The van der Waals surface area contributed by atoms with Gasteiger partial charge in [0.1, 0.15) is 5.82 Å². The molecule has 0 saturated heterocycles. The molecule has 2 aliphatic rings. The first-order chi connectivity index (χ1) is 11.2. The minimum absolute atomic E-state index is 0.156. The van der Waals surface area contributed by atoms with Crippen molar-refractivity contribution in [3.63, 3.8) is 0 Å². The normalized spacial score (nSPS) is 29.0. The number of methoxy groups -OCH3 is 2. The summed E-state index contributed by atoms with van der Waals surface area (Å²) in [7, 11) is 3.26. The van der Waals surface area contributed by atoms with Crippen LogP contribution in [0.5, 0.6) is 11.5 Å². The Balaban J connectivity index is 1.61. The van der Waals surface area contributed by atoms with Gasteiger partial charge in [-0.2, -0.15) is 0 Å². The Kier molecular flexibility index (Phi) is 3.53. The third-order valence-corrected chi connectivity index (χ3v) is 5.31. The summed E-state index contributed by atoms with van der Waals surface area (Å²) in [6, 6.07) is 8.19. The molecule has 5 nitrogen and oxygen atoms in total. The topological polar surface area (TPSA) is 63.6 Å². The highest BCUT2D eigenvalue weighted by Gasteiger charge is 2.45. The molecule has 122 valence electrons. The number of aromatic nitrogens is 1. The van der Waals surface area contributed by atoms with Gasteiger partial charge in [0.25, 0.3) is 0 Å². The Bertz CT molecular complexity index is 734. The average Bonchev–Trinajstić information content (AvgIpc) is 3.12. The Morgan fingerprint density at radius 2 is 1.87 bits per heavy atom. The molecular weight excluding hydrogens is 292 g/mol. The molecule has 4 atom stereocenters. The van der Waals surface area contributed by atoms with Gasteiger partial charge in [0.05, 0.1) is 25.8 Å². The molecule has 2 saturated carbocycles. The van der Waals surface area contributed by atoms with E-state index in [4.69, 9.17) is 14.5 Å². The zero-order valence-electron chi connectivity index (χ0n) is 13.5. The van der Waals surface area contributed by atoms with Crippen molar-refractivity contribution < 1.29 is 14.6 Å². The van der Waals surface area contributed by atoms with Crippen molar-refractivity contribution in [2.45, 2.75) is 31.4 Å². The molecule has 2 N–H and O–H groups in total. The fraction of sp³-hybridized carbons (Fsp3) is 0.500. The van der Waals surface area contributed by atoms with Gasteiger partial charge < -0.3 is 19.9 Å². The molecule has 5 heteroatoms. The van der Waals surface area contributed by atoms with Gasteiger partial charge in [-0.05, 0) is 43.4 Å². The van der Waals surface area contributed by atoms with Gasteiger partial charge in [0, 0.05) is 23.4 Å². The molecule has 0 spiro atoms. The van der Waals surface area contributed by atoms with Crippen molar-refractivity contribution in [3.05, 3.63) is 24.3 Å². The molecule has 23 heavy (non-hydrogen) atoms. The van der Waals surface area contributed by atoms with Crippen LogP contribution in [0, 0.1) is 11.8 Å². The van der Waals surface area contributed by atoms with Crippen LogP contribution in [0.25, 0.3) is 10.9 Å². The molecule has 1 aromatic carbocycles. The van der Waals surface area contributed by atoms with Crippen molar-refractivity contribution in [2.75, 3.05) is 19.5 Å². The number of hydrogen-bond donors (Lipinski definition) is 2. The maximum atomic E-state index is 10.1. The summed E-state index contributed by atoms with van der Waals surface area (Å²) >= 11 is 0. The number of pyridine rings is 1. The average molecular weight is 314 g/mol. The predicted octanol–water partition coefficient (Wildman–Crippen LogP) is 2.82. The maximum absolute atomic E-state index is 10.1. The summed E-state index contributed by atoms with van der Waals surface area (Å²) in [4.78, 5) is 4.70. The summed E-state index contributed by atoms with van der Waals surface area (Å²) in [5, 5.41) is 14.6. The number of nitrogens with zero attached hydrogens (tertiary/aromatic N) is 1. The van der Waals surface area contributed by atoms with Gasteiger partial charge in [0.2, 0.25) is 0 Å². The first kappa shape index (κ1) is 14.6. The van der Waals surface area contributed by atoms with E-state index in [0.29, 0.717) is 29.4 Å². The molecule has 1 heterocycles. The zero-order valence-corrected chi connectivity index (χ0v) is 13.5. The highest BCUT2D eigenvalue weighted by Crippen LogP contribution is 2.45. The summed E-state index contributed by atoms with van der Waals surface area (Å²) in [5.74, 6) is 3.27. The molecule has 4 unspecified atom stereocenters. The molecule has 0 aliphatic heterocycles. The van der Waals surface area contributed by atoms with Crippen LogP contribution in [0.2, 0.25) is 0 Å². The van der Waals surface area contributed by atoms with E-state index in [1.54, 1.807) is 14.2 Å². The number of anilines is 1. The van der Waals surface area contributed by atoms with Gasteiger partial charge in [0.15, 0.2) is 11.5 Å². The summed E-state index contributed by atoms with van der Waals surface area (Å²) in [5.41, 5.74) is 0.872. The van der Waals surface area contributed by atoms with Crippen LogP contribution in [0.4, 0.5) is 5.82 Å². The Morgan fingerprint density at radius 3 is 2.57 bits per heavy atom. The smallest absolute Gasteiger partial charge is 0.162 e. The van der Waals surface area contributed by atoms with Crippen molar-refractivity contribution in [1.29, 1.82) is 0 Å². The van der Waals surface area contributed by atoms with E-state index in [1.165, 1.54) is 0 Å². The lowest BCUT2D eigenvalue weighted by Gasteiger charge is -2.27. The summed E-state index contributed by atoms with van der Waals surface area (Å²) < 4.78 is 10.7. The van der Waals surface area contributed by atoms with Crippen LogP contribution in [-0.2, 0) is 0 Å². The second-order valence-corrected chi connectivity index (χ2v) is 6.65. The minimum atomic E-state index is -0.156. The maximum Gasteiger partial charge on any atom is 0.162 e. The molecule has 2 aromatic rings. The molecule has 0 radical (unpaired) electrons. The number of aliphatic hydroxyl groups is 1. The van der Waals surface area contributed by atoms with Crippen molar-refractivity contribution in [3.8, 4) is 11.5 Å². The largest absolute Gasteiger partial charge is 0.493 e. The van der Waals surface area contributed by atoms with Crippen LogP contribution >= 0.6 is 0 Å². The fourth-order valence-electron chi connectivity index (χ4n) is 4.20. The van der Waals surface area contributed by atoms with Crippen molar-refractivity contribution in [1.82, 2.24) is 4.98 Å². The van der Waals surface area contributed by atoms with Gasteiger partial charge in [-0.1, -0.05) is 0 Å². The monoisotopic (exact) mass is 314 g/mol. The summed E-state index contributed by atoms with van der Waals surface area (Å²) in [6.45, 7) is 0. The molecule has 1 aromatic heterocycles. The van der Waals surface area contributed by atoms with Crippen molar-refractivity contribution >= 4 is 16.7 Å². The standard InChI is InChI=1S/C18H22N2O3/c1-22-16-8-11-3-4-18(19-13(11)9-17(16)23-2)20-14-6-10-5-12(14)15(21)7-10/h3-4,8-10,12,14-15,21H,5-7H2,1-2H3,(H,19,20). The van der Waals surface area contributed by atoms with Crippen LogP contribution in [0.3, 0.4) is 0 Å². The molecule has 2 bridgehead atoms. The lowest BCUT2D eigenvalue weighted by molar-refractivity contribution is 0.107.